The van der Waals surface area contributed by atoms with E-state index in [2.05, 4.69) is 20.6 Å². The Labute approximate surface area is 155 Å². The van der Waals surface area contributed by atoms with E-state index in [0.29, 0.717) is 5.56 Å². The van der Waals surface area contributed by atoms with Crippen LogP contribution in [0.5, 0.6) is 0 Å². The number of aryl methyl sites for hydroxylation is 2. The van der Waals surface area contributed by atoms with Gasteiger partial charge >= 0.3 is 6.01 Å². The highest BCUT2D eigenvalue weighted by molar-refractivity contribution is 7.89. The van der Waals surface area contributed by atoms with Gasteiger partial charge in [-0.05, 0) is 37.3 Å². The van der Waals surface area contributed by atoms with Crippen LogP contribution in [0.15, 0.2) is 39.6 Å². The first-order chi connectivity index (χ1) is 12.7. The van der Waals surface area contributed by atoms with Crippen molar-refractivity contribution in [1.29, 1.82) is 0 Å². The van der Waals surface area contributed by atoms with Crippen LogP contribution < -0.4 is 5.32 Å². The van der Waals surface area contributed by atoms with E-state index in [1.807, 2.05) is 6.92 Å². The van der Waals surface area contributed by atoms with Gasteiger partial charge in [0.2, 0.25) is 15.9 Å². The fraction of sp³-hybridized carbons (Fsp3) is 0.250. The highest BCUT2D eigenvalue weighted by atomic mass is 32.2. The SMILES string of the molecule is Cc1cc(C(=O)Nc2nnc(-c3ccc(S(=O)(=O)N(C)C)cc3)o2)nn1C. The summed E-state index contributed by atoms with van der Waals surface area (Å²) >= 11 is 0. The molecule has 0 saturated carbocycles. The molecule has 11 heteroatoms. The second kappa shape index (κ2) is 6.93. The number of anilines is 1. The average Bonchev–Trinajstić information content (AvgIpc) is 3.22. The molecule has 1 amide bonds. The van der Waals surface area contributed by atoms with E-state index in [1.165, 1.54) is 26.2 Å². The van der Waals surface area contributed by atoms with Crippen molar-refractivity contribution in [2.45, 2.75) is 11.8 Å². The van der Waals surface area contributed by atoms with Crippen LogP contribution in [-0.4, -0.2) is 52.7 Å². The molecule has 0 saturated heterocycles. The zero-order valence-corrected chi connectivity index (χ0v) is 16.0. The van der Waals surface area contributed by atoms with Gasteiger partial charge in [0.25, 0.3) is 5.91 Å². The van der Waals surface area contributed by atoms with Gasteiger partial charge in [0.15, 0.2) is 5.69 Å². The summed E-state index contributed by atoms with van der Waals surface area (Å²) in [7, 11) is 1.13. The van der Waals surface area contributed by atoms with Crippen LogP contribution in [-0.2, 0) is 17.1 Å². The minimum absolute atomic E-state index is 0.0803. The standard InChI is InChI=1S/C16H18N6O4S/c1-10-9-13(20-22(10)4)14(23)17-16-19-18-15(26-16)11-5-7-12(8-6-11)27(24,25)21(2)3/h5-9H,1-4H3,(H,17,19,23). The number of hydrogen-bond acceptors (Lipinski definition) is 7. The molecule has 0 unspecified atom stereocenters. The number of nitrogens with zero attached hydrogens (tertiary/aromatic N) is 5. The van der Waals surface area contributed by atoms with Crippen LogP contribution in [0.1, 0.15) is 16.2 Å². The number of rotatable bonds is 5. The van der Waals surface area contributed by atoms with Crippen molar-refractivity contribution in [2.24, 2.45) is 7.05 Å². The molecule has 0 aliphatic rings. The molecule has 10 nitrogen and oxygen atoms in total. The van der Waals surface area contributed by atoms with Crippen molar-refractivity contribution in [2.75, 3.05) is 19.4 Å². The van der Waals surface area contributed by atoms with E-state index in [9.17, 15) is 13.2 Å². The second-order valence-corrected chi connectivity index (χ2v) is 8.12. The third-order valence-corrected chi connectivity index (χ3v) is 5.70. The molecule has 0 aliphatic heterocycles. The normalized spacial score (nSPS) is 11.7. The van der Waals surface area contributed by atoms with Gasteiger partial charge in [-0.2, -0.15) is 5.10 Å². The van der Waals surface area contributed by atoms with Crippen LogP contribution in [0.25, 0.3) is 11.5 Å². The summed E-state index contributed by atoms with van der Waals surface area (Å²) in [5.41, 5.74) is 1.58. The maximum absolute atomic E-state index is 12.2. The highest BCUT2D eigenvalue weighted by Crippen LogP contribution is 2.22. The maximum Gasteiger partial charge on any atom is 0.322 e. The third-order valence-electron chi connectivity index (χ3n) is 3.87. The minimum atomic E-state index is -3.52. The molecule has 3 rings (SSSR count). The predicted octanol–water partition coefficient (Wildman–Crippen LogP) is 1.28. The number of aromatic nitrogens is 4. The van der Waals surface area contributed by atoms with Gasteiger partial charge in [-0.25, -0.2) is 12.7 Å². The van der Waals surface area contributed by atoms with E-state index < -0.39 is 15.9 Å². The Balaban J connectivity index is 1.77. The lowest BCUT2D eigenvalue weighted by Crippen LogP contribution is -2.22. The number of amides is 1. The van der Waals surface area contributed by atoms with Crippen molar-refractivity contribution in [1.82, 2.24) is 24.3 Å². The number of nitrogens with one attached hydrogen (secondary N) is 1. The fourth-order valence-electron chi connectivity index (χ4n) is 2.20. The van der Waals surface area contributed by atoms with E-state index in [4.69, 9.17) is 4.42 Å². The quantitative estimate of drug-likeness (QED) is 0.696. The molecule has 0 aliphatic carbocycles. The lowest BCUT2D eigenvalue weighted by molar-refractivity contribution is 0.101. The topological polar surface area (TPSA) is 123 Å². The summed E-state index contributed by atoms with van der Waals surface area (Å²) in [6, 6.07) is 7.56. The van der Waals surface area contributed by atoms with E-state index in [1.54, 1.807) is 29.9 Å². The predicted molar refractivity (Wildman–Crippen MR) is 96.5 cm³/mol. The van der Waals surface area contributed by atoms with E-state index >= 15 is 0 Å². The summed E-state index contributed by atoms with van der Waals surface area (Å²) in [6.45, 7) is 1.83. The zero-order valence-electron chi connectivity index (χ0n) is 15.2. The smallest absolute Gasteiger partial charge is 0.322 e. The zero-order chi connectivity index (χ0) is 19.8. The first-order valence-corrected chi connectivity index (χ1v) is 9.31. The number of hydrogen-bond donors (Lipinski definition) is 1. The molecule has 2 aromatic heterocycles. The minimum Gasteiger partial charge on any atom is -0.403 e. The average molecular weight is 390 g/mol. The highest BCUT2D eigenvalue weighted by Gasteiger charge is 2.19. The molecule has 0 atom stereocenters. The van der Waals surface area contributed by atoms with Gasteiger partial charge in [-0.1, -0.05) is 5.10 Å². The number of carbonyl (C=O) groups is 1. The third kappa shape index (κ3) is 3.73. The van der Waals surface area contributed by atoms with Crippen molar-refractivity contribution < 1.29 is 17.6 Å². The molecule has 0 fully saturated rings. The molecular weight excluding hydrogens is 372 g/mol. The van der Waals surface area contributed by atoms with Crippen LogP contribution in [0.3, 0.4) is 0 Å². The van der Waals surface area contributed by atoms with Gasteiger partial charge in [0.1, 0.15) is 0 Å². The van der Waals surface area contributed by atoms with Gasteiger partial charge < -0.3 is 4.42 Å². The van der Waals surface area contributed by atoms with Crippen molar-refractivity contribution >= 4 is 21.9 Å². The Morgan fingerprint density at radius 2 is 1.85 bits per heavy atom. The monoisotopic (exact) mass is 390 g/mol. The van der Waals surface area contributed by atoms with Crippen LogP contribution in [0, 0.1) is 6.92 Å². The summed E-state index contributed by atoms with van der Waals surface area (Å²) in [5, 5.41) is 14.2. The molecule has 27 heavy (non-hydrogen) atoms. The van der Waals surface area contributed by atoms with Gasteiger partial charge in [-0.3, -0.25) is 14.8 Å². The molecule has 2 heterocycles. The fourth-order valence-corrected chi connectivity index (χ4v) is 3.11. The molecule has 142 valence electrons. The summed E-state index contributed by atoms with van der Waals surface area (Å²) in [6.07, 6.45) is 0. The number of carbonyl (C=O) groups excluding carboxylic acids is 1. The Hall–Kier alpha value is -3.05. The Kier molecular flexibility index (Phi) is 4.81. The van der Waals surface area contributed by atoms with Crippen LogP contribution in [0.2, 0.25) is 0 Å². The van der Waals surface area contributed by atoms with Crippen molar-refractivity contribution in [3.05, 3.63) is 41.7 Å². The van der Waals surface area contributed by atoms with Crippen LogP contribution in [0.4, 0.5) is 6.01 Å². The first-order valence-electron chi connectivity index (χ1n) is 7.87. The van der Waals surface area contributed by atoms with Crippen molar-refractivity contribution in [3.63, 3.8) is 0 Å². The van der Waals surface area contributed by atoms with Crippen molar-refractivity contribution in [3.8, 4) is 11.5 Å². The van der Waals surface area contributed by atoms with Gasteiger partial charge in [0, 0.05) is 32.4 Å². The van der Waals surface area contributed by atoms with Crippen LogP contribution >= 0.6 is 0 Å². The number of benzene rings is 1. The molecular formula is C16H18N6O4S. The molecule has 3 aromatic rings. The Bertz CT molecular complexity index is 1060. The van der Waals surface area contributed by atoms with Gasteiger partial charge in [-0.15, -0.1) is 5.10 Å². The Morgan fingerprint density at radius 3 is 2.41 bits per heavy atom. The lowest BCUT2D eigenvalue weighted by Gasteiger charge is -2.11. The Morgan fingerprint density at radius 1 is 1.19 bits per heavy atom. The maximum atomic E-state index is 12.2. The summed E-state index contributed by atoms with van der Waals surface area (Å²) in [4.78, 5) is 12.3. The molecule has 1 aromatic carbocycles. The summed E-state index contributed by atoms with van der Waals surface area (Å²) < 4.78 is 32.3. The molecule has 1 N–H and O–H groups in total. The second-order valence-electron chi connectivity index (χ2n) is 5.97. The molecule has 0 radical (unpaired) electrons. The van der Waals surface area contributed by atoms with E-state index in [0.717, 1.165) is 10.00 Å². The molecule has 0 spiro atoms. The van der Waals surface area contributed by atoms with Gasteiger partial charge in [0.05, 0.1) is 4.90 Å². The first kappa shape index (κ1) is 18.7. The lowest BCUT2D eigenvalue weighted by atomic mass is 10.2. The largest absolute Gasteiger partial charge is 0.403 e. The molecule has 0 bridgehead atoms. The summed E-state index contributed by atoms with van der Waals surface area (Å²) in [5.74, 6) is -0.322. The van der Waals surface area contributed by atoms with E-state index in [-0.39, 0.29) is 22.5 Å². The number of sulfonamides is 1.